The molecule has 0 heterocycles. The first kappa shape index (κ1) is 14.7. The summed E-state index contributed by atoms with van der Waals surface area (Å²) in [6.07, 6.45) is 0. The van der Waals surface area contributed by atoms with E-state index in [4.69, 9.17) is 22.1 Å². The Morgan fingerprint density at radius 1 is 1.50 bits per heavy atom. The first-order chi connectivity index (χ1) is 8.27. The number of primary amides is 1. The van der Waals surface area contributed by atoms with Gasteiger partial charge in [0.2, 0.25) is 15.9 Å². The van der Waals surface area contributed by atoms with E-state index in [2.05, 4.69) is 4.72 Å². The van der Waals surface area contributed by atoms with Gasteiger partial charge in [0, 0.05) is 0 Å². The molecule has 8 heteroatoms. The number of benzene rings is 1. The van der Waals surface area contributed by atoms with Gasteiger partial charge >= 0.3 is 0 Å². The summed E-state index contributed by atoms with van der Waals surface area (Å²) >= 11 is 5.83. The highest BCUT2D eigenvalue weighted by molar-refractivity contribution is 7.89. The van der Waals surface area contributed by atoms with E-state index in [0.29, 0.717) is 5.75 Å². The van der Waals surface area contributed by atoms with E-state index in [1.807, 2.05) is 0 Å². The third-order valence-electron chi connectivity index (χ3n) is 2.19. The molecule has 0 saturated heterocycles. The fourth-order valence-corrected chi connectivity index (χ4v) is 2.73. The minimum atomic E-state index is -3.84. The van der Waals surface area contributed by atoms with E-state index < -0.39 is 22.0 Å². The number of hydrogen-bond donors (Lipinski definition) is 2. The van der Waals surface area contributed by atoms with Crippen LogP contribution < -0.4 is 15.2 Å². The highest BCUT2D eigenvalue weighted by Crippen LogP contribution is 2.26. The topological polar surface area (TPSA) is 98.5 Å². The fourth-order valence-electron chi connectivity index (χ4n) is 1.17. The van der Waals surface area contributed by atoms with E-state index in [1.54, 1.807) is 0 Å². The van der Waals surface area contributed by atoms with E-state index >= 15 is 0 Å². The first-order valence-corrected chi connectivity index (χ1v) is 6.79. The Kier molecular flexibility index (Phi) is 4.55. The molecule has 1 rings (SSSR count). The smallest absolute Gasteiger partial charge is 0.241 e. The number of nitrogens with two attached hydrogens (primary N) is 1. The Morgan fingerprint density at radius 3 is 2.56 bits per heavy atom. The van der Waals surface area contributed by atoms with Gasteiger partial charge in [0.1, 0.15) is 5.75 Å². The van der Waals surface area contributed by atoms with Gasteiger partial charge in [0.25, 0.3) is 0 Å². The standard InChI is InChI=1S/C10H13ClN2O4S/c1-6(10(12)14)13-18(15,16)7-3-4-9(17-2)8(11)5-7/h3-6,13H,1-2H3,(H2,12,14)/t6-/m1/s1. The molecule has 0 bridgehead atoms. The summed E-state index contributed by atoms with van der Waals surface area (Å²) in [6.45, 7) is 1.35. The molecule has 1 amide bonds. The maximum absolute atomic E-state index is 11.9. The average Bonchev–Trinajstić information content (AvgIpc) is 2.28. The van der Waals surface area contributed by atoms with Crippen LogP contribution in [0.25, 0.3) is 0 Å². The van der Waals surface area contributed by atoms with Crippen molar-refractivity contribution in [2.45, 2.75) is 17.9 Å². The number of methoxy groups -OCH3 is 1. The summed E-state index contributed by atoms with van der Waals surface area (Å²) < 4.78 is 30.8. The molecule has 0 fully saturated rings. The van der Waals surface area contributed by atoms with Gasteiger partial charge in [-0.25, -0.2) is 8.42 Å². The summed E-state index contributed by atoms with van der Waals surface area (Å²) in [5.74, 6) is -0.406. The predicted octanol–water partition coefficient (Wildman–Crippen LogP) is 0.501. The van der Waals surface area contributed by atoms with Gasteiger partial charge in [-0.1, -0.05) is 11.6 Å². The summed E-state index contributed by atoms with van der Waals surface area (Å²) in [6, 6.07) is 2.97. The fraction of sp³-hybridized carbons (Fsp3) is 0.300. The molecule has 0 radical (unpaired) electrons. The normalized spacial score (nSPS) is 13.1. The zero-order valence-electron chi connectivity index (χ0n) is 9.81. The van der Waals surface area contributed by atoms with Crippen molar-refractivity contribution < 1.29 is 17.9 Å². The Morgan fingerprint density at radius 2 is 2.11 bits per heavy atom. The number of amides is 1. The predicted molar refractivity (Wildman–Crippen MR) is 67.0 cm³/mol. The van der Waals surface area contributed by atoms with E-state index in [0.717, 1.165) is 0 Å². The largest absolute Gasteiger partial charge is 0.495 e. The lowest BCUT2D eigenvalue weighted by molar-refractivity contribution is -0.119. The van der Waals surface area contributed by atoms with Crippen molar-refractivity contribution in [2.24, 2.45) is 5.73 Å². The summed E-state index contributed by atoms with van der Waals surface area (Å²) in [5, 5.41) is 0.159. The Labute approximate surface area is 110 Å². The molecule has 0 aliphatic rings. The average molecular weight is 293 g/mol. The third-order valence-corrected chi connectivity index (χ3v) is 4.03. The van der Waals surface area contributed by atoms with Crippen LogP contribution in [0.3, 0.4) is 0 Å². The van der Waals surface area contributed by atoms with Crippen LogP contribution >= 0.6 is 11.6 Å². The molecule has 6 nitrogen and oxygen atoms in total. The van der Waals surface area contributed by atoms with Crippen molar-refractivity contribution in [3.05, 3.63) is 23.2 Å². The van der Waals surface area contributed by atoms with Gasteiger partial charge in [-0.05, 0) is 25.1 Å². The van der Waals surface area contributed by atoms with Gasteiger partial charge in [-0.2, -0.15) is 4.72 Å². The second-order valence-corrected chi connectivity index (χ2v) is 5.66. The Balaban J connectivity index is 3.06. The van der Waals surface area contributed by atoms with Crippen LogP contribution in [0.5, 0.6) is 5.75 Å². The van der Waals surface area contributed by atoms with Crippen molar-refractivity contribution in [1.82, 2.24) is 4.72 Å². The number of carbonyl (C=O) groups excluding carboxylic acids is 1. The quantitative estimate of drug-likeness (QED) is 0.825. The highest BCUT2D eigenvalue weighted by atomic mass is 35.5. The van der Waals surface area contributed by atoms with Crippen LogP contribution in [0.15, 0.2) is 23.1 Å². The number of ether oxygens (including phenoxy) is 1. The number of rotatable bonds is 5. The molecule has 0 aliphatic carbocycles. The zero-order valence-corrected chi connectivity index (χ0v) is 11.4. The number of nitrogens with one attached hydrogen (secondary N) is 1. The lowest BCUT2D eigenvalue weighted by atomic mass is 10.3. The molecule has 3 N–H and O–H groups in total. The molecule has 0 aromatic heterocycles. The molecule has 0 spiro atoms. The van der Waals surface area contributed by atoms with Crippen LogP contribution in [-0.2, 0) is 14.8 Å². The van der Waals surface area contributed by atoms with Gasteiger partial charge < -0.3 is 10.5 Å². The zero-order chi connectivity index (χ0) is 13.9. The molecule has 0 unspecified atom stereocenters. The van der Waals surface area contributed by atoms with E-state index in [9.17, 15) is 13.2 Å². The van der Waals surface area contributed by atoms with Gasteiger partial charge in [-0.3, -0.25) is 4.79 Å². The summed E-state index contributed by atoms with van der Waals surface area (Å²) in [7, 11) is -2.42. The Bertz CT molecular complexity index is 559. The van der Waals surface area contributed by atoms with Crippen molar-refractivity contribution in [1.29, 1.82) is 0 Å². The molecule has 100 valence electrons. The van der Waals surface area contributed by atoms with Gasteiger partial charge in [-0.15, -0.1) is 0 Å². The molecule has 1 atom stereocenters. The van der Waals surface area contributed by atoms with Gasteiger partial charge in [0.05, 0.1) is 23.1 Å². The van der Waals surface area contributed by atoms with Crippen LogP contribution in [-0.4, -0.2) is 27.5 Å². The van der Waals surface area contributed by atoms with E-state index in [1.165, 1.54) is 32.2 Å². The third kappa shape index (κ3) is 3.34. The SMILES string of the molecule is COc1ccc(S(=O)(=O)N[C@H](C)C(N)=O)cc1Cl. The van der Waals surface area contributed by atoms with E-state index in [-0.39, 0.29) is 9.92 Å². The highest BCUT2D eigenvalue weighted by Gasteiger charge is 2.21. The number of sulfonamides is 1. The second kappa shape index (κ2) is 5.55. The molecular formula is C10H13ClN2O4S. The van der Waals surface area contributed by atoms with Crippen LogP contribution in [0.2, 0.25) is 5.02 Å². The molecular weight excluding hydrogens is 280 g/mol. The minimum absolute atomic E-state index is 0.0681. The lowest BCUT2D eigenvalue weighted by Gasteiger charge is -2.12. The molecule has 0 saturated carbocycles. The van der Waals surface area contributed by atoms with Crippen molar-refractivity contribution in [2.75, 3.05) is 7.11 Å². The molecule has 18 heavy (non-hydrogen) atoms. The van der Waals surface area contributed by atoms with Crippen LogP contribution in [0, 0.1) is 0 Å². The Hall–Kier alpha value is -1.31. The maximum atomic E-state index is 11.9. The molecule has 1 aromatic carbocycles. The van der Waals surface area contributed by atoms with Crippen LogP contribution in [0.1, 0.15) is 6.92 Å². The summed E-state index contributed by atoms with van der Waals surface area (Å²) in [4.78, 5) is 10.8. The number of hydrogen-bond acceptors (Lipinski definition) is 4. The monoisotopic (exact) mass is 292 g/mol. The minimum Gasteiger partial charge on any atom is -0.495 e. The van der Waals surface area contributed by atoms with Crippen LogP contribution in [0.4, 0.5) is 0 Å². The molecule has 0 aliphatic heterocycles. The maximum Gasteiger partial charge on any atom is 0.241 e. The van der Waals surface area contributed by atoms with Crippen molar-refractivity contribution in [3.63, 3.8) is 0 Å². The number of carbonyl (C=O) groups is 1. The van der Waals surface area contributed by atoms with Gasteiger partial charge in [0.15, 0.2) is 0 Å². The summed E-state index contributed by atoms with van der Waals surface area (Å²) in [5.41, 5.74) is 4.98. The lowest BCUT2D eigenvalue weighted by Crippen LogP contribution is -2.42. The first-order valence-electron chi connectivity index (χ1n) is 4.93. The van der Waals surface area contributed by atoms with Crippen molar-refractivity contribution in [3.8, 4) is 5.75 Å². The number of halogens is 1. The molecule has 1 aromatic rings. The van der Waals surface area contributed by atoms with Crippen molar-refractivity contribution >= 4 is 27.5 Å². The second-order valence-electron chi connectivity index (χ2n) is 3.54.